The standard InChI is InChI=1S/C24H21N3O3S2/c1-29-20-8-7-16(13-21(20)30-2)9-11-27-23(28)22-19(10-12-31-22)26-24(27)32-15-18-6-4-3-5-17(18)14-25/h3-8,10,12-13H,9,11,15H2,1-2H3. The minimum Gasteiger partial charge on any atom is -0.493 e. The molecule has 2 aromatic heterocycles. The monoisotopic (exact) mass is 463 g/mol. The second-order valence-corrected chi connectivity index (χ2v) is 8.84. The lowest BCUT2D eigenvalue weighted by atomic mass is 10.1. The fourth-order valence-corrected chi connectivity index (χ4v) is 5.21. The zero-order valence-corrected chi connectivity index (χ0v) is 19.3. The van der Waals surface area contributed by atoms with Crippen molar-refractivity contribution in [3.63, 3.8) is 0 Å². The van der Waals surface area contributed by atoms with Crippen LogP contribution in [0.2, 0.25) is 0 Å². The molecule has 4 rings (SSSR count). The molecule has 0 N–H and O–H groups in total. The Balaban J connectivity index is 1.63. The Kier molecular flexibility index (Phi) is 6.78. The van der Waals surface area contributed by atoms with Gasteiger partial charge in [-0.25, -0.2) is 4.98 Å². The molecule has 32 heavy (non-hydrogen) atoms. The molecule has 0 unspecified atom stereocenters. The number of fused-ring (bicyclic) bond motifs is 1. The maximum absolute atomic E-state index is 13.2. The number of thioether (sulfide) groups is 1. The van der Waals surface area contributed by atoms with Gasteiger partial charge in [0.2, 0.25) is 0 Å². The molecule has 2 aromatic carbocycles. The van der Waals surface area contributed by atoms with Crippen molar-refractivity contribution in [2.75, 3.05) is 14.2 Å². The zero-order valence-electron chi connectivity index (χ0n) is 17.7. The van der Waals surface area contributed by atoms with Crippen LogP contribution >= 0.6 is 23.1 Å². The molecule has 162 valence electrons. The van der Waals surface area contributed by atoms with Crippen molar-refractivity contribution in [1.29, 1.82) is 5.26 Å². The minimum atomic E-state index is -0.0402. The van der Waals surface area contributed by atoms with Crippen molar-refractivity contribution in [3.8, 4) is 17.6 Å². The second-order valence-electron chi connectivity index (χ2n) is 6.98. The molecule has 0 atom stereocenters. The smallest absolute Gasteiger partial charge is 0.272 e. The normalized spacial score (nSPS) is 10.8. The molecule has 0 fully saturated rings. The van der Waals surface area contributed by atoms with E-state index in [2.05, 4.69) is 6.07 Å². The summed E-state index contributed by atoms with van der Waals surface area (Å²) >= 11 is 2.88. The fourth-order valence-electron chi connectivity index (χ4n) is 3.41. The van der Waals surface area contributed by atoms with Crippen LogP contribution in [0.1, 0.15) is 16.7 Å². The molecular formula is C24H21N3O3S2. The molecule has 0 amide bonds. The SMILES string of the molecule is COc1ccc(CCn2c(SCc3ccccc3C#N)nc3ccsc3c2=O)cc1OC. The summed E-state index contributed by atoms with van der Waals surface area (Å²) in [6, 6.07) is 17.4. The highest BCUT2D eigenvalue weighted by molar-refractivity contribution is 7.98. The second kappa shape index (κ2) is 9.90. The summed E-state index contributed by atoms with van der Waals surface area (Å²) < 4.78 is 13.1. The van der Waals surface area contributed by atoms with Crippen LogP contribution in [0.3, 0.4) is 0 Å². The molecule has 2 heterocycles. The lowest BCUT2D eigenvalue weighted by Crippen LogP contribution is -2.23. The van der Waals surface area contributed by atoms with Gasteiger partial charge in [-0.1, -0.05) is 36.0 Å². The van der Waals surface area contributed by atoms with Gasteiger partial charge < -0.3 is 9.47 Å². The van der Waals surface area contributed by atoms with Crippen molar-refractivity contribution < 1.29 is 9.47 Å². The third-order valence-electron chi connectivity index (χ3n) is 5.10. The van der Waals surface area contributed by atoms with Crippen LogP contribution in [0.4, 0.5) is 0 Å². The van der Waals surface area contributed by atoms with E-state index in [-0.39, 0.29) is 5.56 Å². The first-order valence-corrected chi connectivity index (χ1v) is 11.8. The van der Waals surface area contributed by atoms with Crippen LogP contribution in [0.15, 0.2) is 63.9 Å². The van der Waals surface area contributed by atoms with Crippen LogP contribution < -0.4 is 15.0 Å². The quantitative estimate of drug-likeness (QED) is 0.274. The predicted molar refractivity (Wildman–Crippen MR) is 128 cm³/mol. The molecule has 8 heteroatoms. The van der Waals surface area contributed by atoms with Crippen LogP contribution in [0, 0.1) is 11.3 Å². The molecule has 4 aromatic rings. The van der Waals surface area contributed by atoms with E-state index in [1.807, 2.05) is 47.8 Å². The topological polar surface area (TPSA) is 77.1 Å². The first-order valence-electron chi connectivity index (χ1n) is 9.94. The van der Waals surface area contributed by atoms with E-state index in [0.717, 1.165) is 11.1 Å². The molecule has 0 saturated heterocycles. The first-order chi connectivity index (χ1) is 15.6. The van der Waals surface area contributed by atoms with Gasteiger partial charge in [0.15, 0.2) is 16.7 Å². The van der Waals surface area contributed by atoms with Crippen molar-refractivity contribution >= 4 is 33.3 Å². The molecule has 0 aliphatic rings. The average Bonchev–Trinajstić information content (AvgIpc) is 3.31. The maximum atomic E-state index is 13.2. The van der Waals surface area contributed by atoms with Crippen LogP contribution in [-0.2, 0) is 18.7 Å². The summed E-state index contributed by atoms with van der Waals surface area (Å²) in [5.74, 6) is 1.89. The molecule has 0 radical (unpaired) electrons. The molecule has 0 spiro atoms. The van der Waals surface area contributed by atoms with Crippen LogP contribution in [0.25, 0.3) is 10.2 Å². The average molecular weight is 464 g/mol. The lowest BCUT2D eigenvalue weighted by Gasteiger charge is -2.13. The van der Waals surface area contributed by atoms with Crippen molar-refractivity contribution in [1.82, 2.24) is 9.55 Å². The fraction of sp³-hybridized carbons (Fsp3) is 0.208. The molecule has 6 nitrogen and oxygen atoms in total. The number of aryl methyl sites for hydroxylation is 1. The van der Waals surface area contributed by atoms with E-state index in [9.17, 15) is 10.1 Å². The number of benzene rings is 2. The highest BCUT2D eigenvalue weighted by Crippen LogP contribution is 2.29. The van der Waals surface area contributed by atoms with E-state index in [0.29, 0.717) is 51.2 Å². The Labute approximate surface area is 194 Å². The van der Waals surface area contributed by atoms with Crippen LogP contribution in [-0.4, -0.2) is 23.8 Å². The molecule has 0 saturated carbocycles. The van der Waals surface area contributed by atoms with Gasteiger partial charge in [0.05, 0.1) is 31.4 Å². The van der Waals surface area contributed by atoms with Gasteiger partial charge in [0.25, 0.3) is 5.56 Å². The number of ether oxygens (including phenoxy) is 2. The van der Waals surface area contributed by atoms with Gasteiger partial charge >= 0.3 is 0 Å². The number of aromatic nitrogens is 2. The zero-order chi connectivity index (χ0) is 22.5. The number of thiophene rings is 1. The van der Waals surface area contributed by atoms with Gasteiger partial charge in [-0.3, -0.25) is 9.36 Å². The van der Waals surface area contributed by atoms with Crippen molar-refractivity contribution in [2.45, 2.75) is 23.9 Å². The number of nitrogens with zero attached hydrogens (tertiary/aromatic N) is 3. The van der Waals surface area contributed by atoms with Crippen molar-refractivity contribution in [2.24, 2.45) is 0 Å². The highest BCUT2D eigenvalue weighted by atomic mass is 32.2. The summed E-state index contributed by atoms with van der Waals surface area (Å²) in [5.41, 5.74) is 3.26. The molecular weight excluding hydrogens is 442 g/mol. The Hall–Kier alpha value is -3.28. The summed E-state index contributed by atoms with van der Waals surface area (Å²) in [4.78, 5) is 18.0. The van der Waals surface area contributed by atoms with Gasteiger partial charge in [-0.15, -0.1) is 11.3 Å². The van der Waals surface area contributed by atoms with Gasteiger partial charge in [-0.05, 0) is 47.2 Å². The number of rotatable bonds is 8. The summed E-state index contributed by atoms with van der Waals surface area (Å²) in [5, 5.41) is 11.9. The number of methoxy groups -OCH3 is 2. The van der Waals surface area contributed by atoms with E-state index in [1.54, 1.807) is 24.9 Å². The Morgan fingerprint density at radius 1 is 1.12 bits per heavy atom. The number of nitriles is 1. The van der Waals surface area contributed by atoms with E-state index in [1.165, 1.54) is 23.1 Å². The molecule has 0 aliphatic heterocycles. The largest absolute Gasteiger partial charge is 0.493 e. The van der Waals surface area contributed by atoms with Gasteiger partial charge in [0, 0.05) is 12.3 Å². The minimum absolute atomic E-state index is 0.0402. The first kappa shape index (κ1) is 21.9. The Morgan fingerprint density at radius 3 is 2.72 bits per heavy atom. The van der Waals surface area contributed by atoms with Crippen LogP contribution in [0.5, 0.6) is 11.5 Å². The van der Waals surface area contributed by atoms with E-state index >= 15 is 0 Å². The van der Waals surface area contributed by atoms with E-state index < -0.39 is 0 Å². The third-order valence-corrected chi connectivity index (χ3v) is 7.01. The molecule has 0 bridgehead atoms. The summed E-state index contributed by atoms with van der Waals surface area (Å²) in [7, 11) is 3.21. The van der Waals surface area contributed by atoms with Gasteiger partial charge in [0.1, 0.15) is 4.70 Å². The predicted octanol–water partition coefficient (Wildman–Crippen LogP) is 4.88. The lowest BCUT2D eigenvalue weighted by molar-refractivity contribution is 0.354. The molecule has 0 aliphatic carbocycles. The Morgan fingerprint density at radius 2 is 1.94 bits per heavy atom. The highest BCUT2D eigenvalue weighted by Gasteiger charge is 2.14. The Bertz CT molecular complexity index is 1350. The van der Waals surface area contributed by atoms with Gasteiger partial charge in [-0.2, -0.15) is 5.26 Å². The summed E-state index contributed by atoms with van der Waals surface area (Å²) in [6.45, 7) is 0.484. The van der Waals surface area contributed by atoms with Crippen molar-refractivity contribution in [3.05, 3.63) is 81.0 Å². The number of hydrogen-bond donors (Lipinski definition) is 0. The van der Waals surface area contributed by atoms with E-state index in [4.69, 9.17) is 14.5 Å². The number of hydrogen-bond acceptors (Lipinski definition) is 7. The maximum Gasteiger partial charge on any atom is 0.272 e. The summed E-state index contributed by atoms with van der Waals surface area (Å²) in [6.07, 6.45) is 0.640. The third kappa shape index (κ3) is 4.49.